The molecule has 1 heterocycles. The van der Waals surface area contributed by atoms with Gasteiger partial charge in [0.15, 0.2) is 0 Å². The third-order valence-corrected chi connectivity index (χ3v) is 5.31. The SMILES string of the molecule is CCC(=O)OCC1CCCCC1c1ccc(-n2nnnc2C(F)(F)F)c(Cl)c1. The zero-order valence-electron chi connectivity index (χ0n) is 15.2. The van der Waals surface area contributed by atoms with E-state index >= 15 is 0 Å². The second-order valence-electron chi connectivity index (χ2n) is 6.81. The van der Waals surface area contributed by atoms with E-state index in [1.165, 1.54) is 6.07 Å². The van der Waals surface area contributed by atoms with Gasteiger partial charge in [-0.1, -0.05) is 37.4 Å². The molecule has 10 heteroatoms. The number of nitrogens with zero attached hydrogens (tertiary/aromatic N) is 4. The van der Waals surface area contributed by atoms with E-state index in [0.717, 1.165) is 31.2 Å². The Kier molecular flexibility index (Phi) is 6.22. The van der Waals surface area contributed by atoms with Crippen LogP contribution < -0.4 is 0 Å². The van der Waals surface area contributed by atoms with Gasteiger partial charge in [-0.25, -0.2) is 0 Å². The number of carbonyl (C=O) groups is 1. The van der Waals surface area contributed by atoms with Crippen LogP contribution in [0.1, 0.15) is 56.3 Å². The summed E-state index contributed by atoms with van der Waals surface area (Å²) in [7, 11) is 0. The van der Waals surface area contributed by atoms with E-state index in [4.69, 9.17) is 16.3 Å². The Morgan fingerprint density at radius 3 is 2.75 bits per heavy atom. The van der Waals surface area contributed by atoms with Crippen LogP contribution in [0.4, 0.5) is 13.2 Å². The first-order valence-electron chi connectivity index (χ1n) is 9.12. The Bertz CT molecular complexity index is 840. The minimum absolute atomic E-state index is 0.0625. The molecule has 0 bridgehead atoms. The van der Waals surface area contributed by atoms with Crippen molar-refractivity contribution in [2.24, 2.45) is 5.92 Å². The minimum Gasteiger partial charge on any atom is -0.465 e. The molecule has 0 radical (unpaired) electrons. The van der Waals surface area contributed by atoms with Gasteiger partial charge in [-0.05, 0) is 52.8 Å². The zero-order chi connectivity index (χ0) is 20.3. The molecular formula is C18H20ClF3N4O2. The number of hydrogen-bond acceptors (Lipinski definition) is 5. The molecule has 28 heavy (non-hydrogen) atoms. The lowest BCUT2D eigenvalue weighted by molar-refractivity contribution is -0.147. The van der Waals surface area contributed by atoms with Crippen molar-refractivity contribution in [1.82, 2.24) is 20.2 Å². The fourth-order valence-electron chi connectivity index (χ4n) is 3.60. The third-order valence-electron chi connectivity index (χ3n) is 5.01. The number of tetrazole rings is 1. The molecule has 2 atom stereocenters. The van der Waals surface area contributed by atoms with Gasteiger partial charge in [0.2, 0.25) is 0 Å². The molecule has 1 aromatic heterocycles. The fraction of sp³-hybridized carbons (Fsp3) is 0.556. The number of carbonyl (C=O) groups excluding carboxylic acids is 1. The highest BCUT2D eigenvalue weighted by Crippen LogP contribution is 2.40. The summed E-state index contributed by atoms with van der Waals surface area (Å²) in [5.41, 5.74) is 0.972. The molecule has 1 aromatic carbocycles. The summed E-state index contributed by atoms with van der Waals surface area (Å²) in [4.78, 5) is 11.5. The zero-order valence-corrected chi connectivity index (χ0v) is 16.0. The first-order chi connectivity index (χ1) is 13.3. The smallest absolute Gasteiger partial charge is 0.453 e. The Morgan fingerprint density at radius 2 is 2.07 bits per heavy atom. The van der Waals surface area contributed by atoms with Crippen LogP contribution in [0.25, 0.3) is 5.69 Å². The molecule has 1 fully saturated rings. The van der Waals surface area contributed by atoms with Gasteiger partial charge >= 0.3 is 12.1 Å². The predicted octanol–water partition coefficient (Wildman–Crippen LogP) is 4.56. The van der Waals surface area contributed by atoms with Crippen LogP contribution in [0.5, 0.6) is 0 Å². The Hall–Kier alpha value is -2.16. The van der Waals surface area contributed by atoms with Gasteiger partial charge in [-0.15, -0.1) is 5.10 Å². The van der Waals surface area contributed by atoms with E-state index in [0.29, 0.717) is 17.7 Å². The van der Waals surface area contributed by atoms with Crippen molar-refractivity contribution in [3.63, 3.8) is 0 Å². The first kappa shape index (κ1) is 20.6. The van der Waals surface area contributed by atoms with Crippen LogP contribution in [-0.2, 0) is 15.7 Å². The Labute approximate surface area is 165 Å². The second kappa shape index (κ2) is 8.46. The van der Waals surface area contributed by atoms with Crippen molar-refractivity contribution < 1.29 is 22.7 Å². The van der Waals surface area contributed by atoms with E-state index < -0.39 is 12.0 Å². The average molecular weight is 417 g/mol. The minimum atomic E-state index is -4.69. The summed E-state index contributed by atoms with van der Waals surface area (Å²) in [6.07, 6.45) is -0.451. The maximum atomic E-state index is 13.1. The molecule has 0 aliphatic heterocycles. The van der Waals surface area contributed by atoms with Gasteiger partial charge < -0.3 is 4.74 Å². The monoisotopic (exact) mass is 416 g/mol. The molecule has 0 amide bonds. The highest BCUT2D eigenvalue weighted by Gasteiger charge is 2.39. The van der Waals surface area contributed by atoms with Crippen LogP contribution in [0.3, 0.4) is 0 Å². The standard InChI is InChI=1S/C18H20ClF3N4O2/c1-2-16(27)28-10-12-5-3-4-6-13(12)11-7-8-15(14(19)9-11)26-17(18(20,21)22)23-24-25-26/h7-9,12-13H,2-6,10H2,1H3. The maximum absolute atomic E-state index is 13.1. The first-order valence-corrected chi connectivity index (χ1v) is 9.50. The van der Waals surface area contributed by atoms with Gasteiger partial charge in [0.05, 0.1) is 17.3 Å². The maximum Gasteiger partial charge on any atom is 0.453 e. The van der Waals surface area contributed by atoms with Gasteiger partial charge in [-0.3, -0.25) is 4.79 Å². The van der Waals surface area contributed by atoms with E-state index in [-0.39, 0.29) is 28.5 Å². The molecule has 0 saturated heterocycles. The quantitative estimate of drug-likeness (QED) is 0.668. The lowest BCUT2D eigenvalue weighted by Gasteiger charge is -2.31. The summed E-state index contributed by atoms with van der Waals surface area (Å²) in [6.45, 7) is 2.08. The molecule has 2 aromatic rings. The van der Waals surface area contributed by atoms with Gasteiger partial charge in [-0.2, -0.15) is 17.9 Å². The van der Waals surface area contributed by atoms with Gasteiger partial charge in [0.25, 0.3) is 5.82 Å². The third kappa shape index (κ3) is 4.45. The van der Waals surface area contributed by atoms with Crippen molar-refractivity contribution >= 4 is 17.6 Å². The number of hydrogen-bond donors (Lipinski definition) is 0. The van der Waals surface area contributed by atoms with Crippen molar-refractivity contribution in [2.45, 2.75) is 51.1 Å². The second-order valence-corrected chi connectivity index (χ2v) is 7.22. The molecule has 6 nitrogen and oxygen atoms in total. The predicted molar refractivity (Wildman–Crippen MR) is 95.1 cm³/mol. The molecule has 3 rings (SSSR count). The average Bonchev–Trinajstić information content (AvgIpc) is 3.16. The van der Waals surface area contributed by atoms with Crippen molar-refractivity contribution in [2.75, 3.05) is 6.61 Å². The molecule has 0 N–H and O–H groups in total. The number of alkyl halides is 3. The largest absolute Gasteiger partial charge is 0.465 e. The van der Waals surface area contributed by atoms with Gasteiger partial charge in [0.1, 0.15) is 0 Å². The number of esters is 1. The number of halogens is 4. The molecule has 152 valence electrons. The fourth-order valence-corrected chi connectivity index (χ4v) is 3.87. The van der Waals surface area contributed by atoms with Crippen molar-refractivity contribution in [3.8, 4) is 5.69 Å². The van der Waals surface area contributed by atoms with Crippen LogP contribution in [0, 0.1) is 5.92 Å². The summed E-state index contributed by atoms with van der Waals surface area (Å²) >= 11 is 6.29. The van der Waals surface area contributed by atoms with E-state index in [1.807, 2.05) is 0 Å². The van der Waals surface area contributed by atoms with Crippen LogP contribution in [0.2, 0.25) is 5.02 Å². The number of ether oxygens (including phenoxy) is 1. The normalized spacial score (nSPS) is 20.2. The molecule has 0 spiro atoms. The number of aromatic nitrogens is 4. The summed E-state index contributed by atoms with van der Waals surface area (Å²) in [5, 5.41) is 9.72. The molecule has 1 saturated carbocycles. The summed E-state index contributed by atoms with van der Waals surface area (Å²) in [5.74, 6) is -1.19. The molecule has 1 aliphatic carbocycles. The molecule has 2 unspecified atom stereocenters. The molecular weight excluding hydrogens is 397 g/mol. The Morgan fingerprint density at radius 1 is 1.32 bits per heavy atom. The van der Waals surface area contributed by atoms with Crippen molar-refractivity contribution in [1.29, 1.82) is 0 Å². The highest BCUT2D eigenvalue weighted by molar-refractivity contribution is 6.32. The van der Waals surface area contributed by atoms with E-state index in [9.17, 15) is 18.0 Å². The lowest BCUT2D eigenvalue weighted by Crippen LogP contribution is -2.24. The number of benzene rings is 1. The number of rotatable bonds is 5. The van der Waals surface area contributed by atoms with Crippen LogP contribution in [-0.4, -0.2) is 32.8 Å². The van der Waals surface area contributed by atoms with Crippen molar-refractivity contribution in [3.05, 3.63) is 34.6 Å². The van der Waals surface area contributed by atoms with Gasteiger partial charge in [0, 0.05) is 6.42 Å². The van der Waals surface area contributed by atoms with Crippen LogP contribution >= 0.6 is 11.6 Å². The van der Waals surface area contributed by atoms with E-state index in [2.05, 4.69) is 15.5 Å². The van der Waals surface area contributed by atoms with E-state index in [1.54, 1.807) is 19.1 Å². The van der Waals surface area contributed by atoms with Crippen LogP contribution in [0.15, 0.2) is 18.2 Å². The molecule has 1 aliphatic rings. The lowest BCUT2D eigenvalue weighted by atomic mass is 9.76. The summed E-state index contributed by atoms with van der Waals surface area (Å²) in [6, 6.07) is 4.89. The highest BCUT2D eigenvalue weighted by atomic mass is 35.5. The Balaban J connectivity index is 1.85. The topological polar surface area (TPSA) is 69.9 Å². The summed E-state index contributed by atoms with van der Waals surface area (Å²) < 4.78 is 45.1.